The summed E-state index contributed by atoms with van der Waals surface area (Å²) in [6, 6.07) is 15.1. The molecule has 0 aliphatic heterocycles. The highest BCUT2D eigenvalue weighted by Crippen LogP contribution is 2.42. The van der Waals surface area contributed by atoms with E-state index >= 15 is 0 Å². The lowest BCUT2D eigenvalue weighted by atomic mass is 9.99. The molecule has 0 bridgehead atoms. The van der Waals surface area contributed by atoms with Crippen molar-refractivity contribution in [3.63, 3.8) is 0 Å². The van der Waals surface area contributed by atoms with Crippen LogP contribution >= 0.6 is 0 Å². The summed E-state index contributed by atoms with van der Waals surface area (Å²) in [4.78, 5) is 11.3. The van der Waals surface area contributed by atoms with Crippen molar-refractivity contribution in [3.8, 4) is 0 Å². The van der Waals surface area contributed by atoms with Crippen LogP contribution < -0.4 is 0 Å². The number of fused-ring (bicyclic) bond motifs is 5. The first-order valence-electron chi connectivity index (χ1n) is 6.65. The Kier molecular flexibility index (Phi) is 2.30. The molecule has 4 aromatic rings. The average Bonchev–Trinajstić information content (AvgIpc) is 2.87. The third-order valence-corrected chi connectivity index (χ3v) is 3.95. The fraction of sp³-hybridized carbons (Fsp3) is 0.0588. The Balaban J connectivity index is 2.41. The topological polar surface area (TPSA) is 56.3 Å². The highest BCUT2D eigenvalue weighted by Gasteiger charge is 2.24. The SMILES string of the molecule is Cc1c([N+](=O)[O-])c2c3ccccc3oc2c2ccccc12. The summed E-state index contributed by atoms with van der Waals surface area (Å²) in [7, 11) is 0. The molecule has 0 aliphatic rings. The predicted molar refractivity (Wildman–Crippen MR) is 82.6 cm³/mol. The molecule has 4 heteroatoms. The van der Waals surface area contributed by atoms with Gasteiger partial charge in [0.1, 0.15) is 16.6 Å². The van der Waals surface area contributed by atoms with Gasteiger partial charge < -0.3 is 4.42 Å². The lowest BCUT2D eigenvalue weighted by Gasteiger charge is -2.05. The summed E-state index contributed by atoms with van der Waals surface area (Å²) in [6.45, 7) is 1.79. The van der Waals surface area contributed by atoms with Crippen LogP contribution in [0, 0.1) is 17.0 Å². The van der Waals surface area contributed by atoms with Gasteiger partial charge in [-0.25, -0.2) is 0 Å². The number of para-hydroxylation sites is 1. The first-order valence-corrected chi connectivity index (χ1v) is 6.65. The van der Waals surface area contributed by atoms with Crippen LogP contribution in [-0.2, 0) is 0 Å². The Bertz CT molecular complexity index is 1030. The minimum Gasteiger partial charge on any atom is -0.455 e. The molecule has 0 aliphatic carbocycles. The van der Waals surface area contributed by atoms with Gasteiger partial charge in [0.2, 0.25) is 0 Å². The Labute approximate surface area is 119 Å². The van der Waals surface area contributed by atoms with E-state index in [4.69, 9.17) is 4.42 Å². The zero-order valence-electron chi connectivity index (χ0n) is 11.3. The standard InChI is InChI=1S/C17H11NO3/c1-10-11-6-2-3-7-12(11)17-15(16(10)18(19)20)13-8-4-5-9-14(13)21-17/h2-9H,1H3. The van der Waals surface area contributed by atoms with E-state index in [9.17, 15) is 10.1 Å². The van der Waals surface area contributed by atoms with Gasteiger partial charge in [-0.05, 0) is 18.4 Å². The number of aryl methyl sites for hydroxylation is 1. The van der Waals surface area contributed by atoms with Gasteiger partial charge in [-0.1, -0.05) is 42.5 Å². The van der Waals surface area contributed by atoms with Crippen molar-refractivity contribution in [2.24, 2.45) is 0 Å². The Morgan fingerprint density at radius 2 is 1.57 bits per heavy atom. The van der Waals surface area contributed by atoms with Gasteiger partial charge in [0.15, 0.2) is 0 Å². The lowest BCUT2D eigenvalue weighted by molar-refractivity contribution is -0.383. The van der Waals surface area contributed by atoms with Crippen molar-refractivity contribution in [2.45, 2.75) is 6.92 Å². The number of nitro benzene ring substituents is 1. The second kappa shape index (κ2) is 4.06. The van der Waals surface area contributed by atoms with Crippen LogP contribution in [0.15, 0.2) is 52.9 Å². The second-order valence-electron chi connectivity index (χ2n) is 5.08. The number of nitrogens with zero attached hydrogens (tertiary/aromatic N) is 1. The molecule has 0 unspecified atom stereocenters. The third kappa shape index (κ3) is 1.50. The van der Waals surface area contributed by atoms with E-state index in [2.05, 4.69) is 0 Å². The average molecular weight is 277 g/mol. The molecule has 21 heavy (non-hydrogen) atoms. The number of hydrogen-bond acceptors (Lipinski definition) is 3. The Morgan fingerprint density at radius 1 is 0.952 bits per heavy atom. The van der Waals surface area contributed by atoms with E-state index < -0.39 is 0 Å². The zero-order chi connectivity index (χ0) is 14.6. The lowest BCUT2D eigenvalue weighted by Crippen LogP contribution is -1.94. The summed E-state index contributed by atoms with van der Waals surface area (Å²) in [6.07, 6.45) is 0. The summed E-state index contributed by atoms with van der Waals surface area (Å²) in [5.41, 5.74) is 2.07. The summed E-state index contributed by atoms with van der Waals surface area (Å²) < 4.78 is 5.91. The van der Waals surface area contributed by atoms with Crippen LogP contribution in [0.3, 0.4) is 0 Å². The quantitative estimate of drug-likeness (QED) is 0.365. The van der Waals surface area contributed by atoms with E-state index in [0.717, 1.165) is 16.2 Å². The molecule has 102 valence electrons. The van der Waals surface area contributed by atoms with Crippen LogP contribution in [0.4, 0.5) is 5.69 Å². The van der Waals surface area contributed by atoms with Crippen LogP contribution in [0.25, 0.3) is 32.7 Å². The van der Waals surface area contributed by atoms with Gasteiger partial charge in [-0.15, -0.1) is 0 Å². The summed E-state index contributed by atoms with van der Waals surface area (Å²) >= 11 is 0. The van der Waals surface area contributed by atoms with Crippen LogP contribution in [-0.4, -0.2) is 4.92 Å². The molecule has 4 rings (SSSR count). The van der Waals surface area contributed by atoms with Crippen molar-refractivity contribution in [1.29, 1.82) is 0 Å². The molecule has 0 N–H and O–H groups in total. The second-order valence-corrected chi connectivity index (χ2v) is 5.08. The molecule has 0 amide bonds. The molecule has 0 radical (unpaired) electrons. The molecule has 0 saturated heterocycles. The maximum atomic E-state index is 11.6. The minimum atomic E-state index is -0.313. The predicted octanol–water partition coefficient (Wildman–Crippen LogP) is 4.96. The maximum Gasteiger partial charge on any atom is 0.284 e. The van der Waals surface area contributed by atoms with E-state index in [1.165, 1.54) is 0 Å². The molecule has 0 spiro atoms. The minimum absolute atomic E-state index is 0.133. The molecular formula is C17H11NO3. The highest BCUT2D eigenvalue weighted by molar-refractivity contribution is 6.20. The van der Waals surface area contributed by atoms with Gasteiger partial charge in [-0.3, -0.25) is 10.1 Å². The molecule has 0 atom stereocenters. The van der Waals surface area contributed by atoms with Crippen molar-refractivity contribution >= 4 is 38.4 Å². The molecular weight excluding hydrogens is 266 g/mol. The molecule has 3 aromatic carbocycles. The number of hydrogen-bond donors (Lipinski definition) is 0. The Morgan fingerprint density at radius 3 is 2.29 bits per heavy atom. The number of benzene rings is 3. The van der Waals surface area contributed by atoms with Crippen molar-refractivity contribution in [1.82, 2.24) is 0 Å². The maximum absolute atomic E-state index is 11.6. The van der Waals surface area contributed by atoms with Gasteiger partial charge in [0.05, 0.1) is 4.92 Å². The van der Waals surface area contributed by atoms with Crippen molar-refractivity contribution in [3.05, 3.63) is 64.2 Å². The zero-order valence-corrected chi connectivity index (χ0v) is 11.3. The van der Waals surface area contributed by atoms with Gasteiger partial charge in [-0.2, -0.15) is 0 Å². The highest BCUT2D eigenvalue weighted by atomic mass is 16.6. The normalized spacial score (nSPS) is 11.5. The van der Waals surface area contributed by atoms with Gasteiger partial charge >= 0.3 is 0 Å². The monoisotopic (exact) mass is 277 g/mol. The van der Waals surface area contributed by atoms with E-state index in [-0.39, 0.29) is 10.6 Å². The van der Waals surface area contributed by atoms with E-state index in [1.807, 2.05) is 48.5 Å². The largest absolute Gasteiger partial charge is 0.455 e. The van der Waals surface area contributed by atoms with Crippen molar-refractivity contribution in [2.75, 3.05) is 0 Å². The first kappa shape index (κ1) is 11.9. The molecule has 4 nitrogen and oxygen atoms in total. The van der Waals surface area contributed by atoms with Crippen molar-refractivity contribution < 1.29 is 9.34 Å². The molecule has 1 heterocycles. The summed E-state index contributed by atoms with van der Waals surface area (Å²) in [5, 5.41) is 14.7. The molecule has 1 aromatic heterocycles. The van der Waals surface area contributed by atoms with Gasteiger partial charge in [0.25, 0.3) is 5.69 Å². The smallest absolute Gasteiger partial charge is 0.284 e. The fourth-order valence-electron chi connectivity index (χ4n) is 3.02. The number of rotatable bonds is 1. The number of nitro groups is 1. The fourth-order valence-corrected chi connectivity index (χ4v) is 3.02. The number of furan rings is 1. The van der Waals surface area contributed by atoms with Crippen LogP contribution in [0.5, 0.6) is 0 Å². The van der Waals surface area contributed by atoms with Crippen LogP contribution in [0.2, 0.25) is 0 Å². The Hall–Kier alpha value is -2.88. The molecule has 0 fully saturated rings. The van der Waals surface area contributed by atoms with E-state index in [1.54, 1.807) is 6.92 Å². The van der Waals surface area contributed by atoms with Crippen LogP contribution in [0.1, 0.15) is 5.56 Å². The first-order chi connectivity index (χ1) is 10.2. The third-order valence-electron chi connectivity index (χ3n) is 3.95. The van der Waals surface area contributed by atoms with E-state index in [0.29, 0.717) is 22.1 Å². The van der Waals surface area contributed by atoms with Gasteiger partial charge in [0, 0.05) is 16.3 Å². The molecule has 0 saturated carbocycles. The summed E-state index contributed by atoms with van der Waals surface area (Å²) in [5.74, 6) is 0.